The molecule has 3 heterocycles. The molecule has 2 aliphatic carbocycles. The molecule has 0 aromatic heterocycles. The van der Waals surface area contributed by atoms with Crippen molar-refractivity contribution < 1.29 is 86.4 Å². The topological polar surface area (TPSA) is 299 Å². The van der Waals surface area contributed by atoms with Crippen LogP contribution in [0.25, 0.3) is 0 Å². The molecule has 0 saturated carbocycles. The number of halogens is 1. The molecule has 22 heteroatoms. The van der Waals surface area contributed by atoms with E-state index in [2.05, 4.69) is 5.32 Å². The zero-order chi connectivity index (χ0) is 45.5. The van der Waals surface area contributed by atoms with Gasteiger partial charge in [-0.3, -0.25) is 24.1 Å². The van der Waals surface area contributed by atoms with Crippen LogP contribution in [-0.2, 0) is 49.6 Å². The largest absolute Gasteiger partial charge is 0.507 e. The zero-order valence-corrected chi connectivity index (χ0v) is 35.4. The number of aliphatic hydroxyl groups is 3. The number of fused-ring (bicyclic) bond motifs is 4. The molecule has 20 nitrogen and oxygen atoms in total. The molecule has 2 saturated heterocycles. The fourth-order valence-electron chi connectivity index (χ4n) is 8.46. The standard InChI is InChI=1S/C40H43ClN2O18S/c1-15-30(46)19(42-38(53)58-13-16-14-62(55,56)36-28(41)35(51)43(36)29(16)37(52)61-39(2,3)4)9-23(59-15)60-21-11-40(54,22(45)12-44)10-18-25(21)34(50)27-26(32(18)48)31(47)17-7-6-8-20(57-5)24(17)33(27)49/h6-8,15,19,21,23,28,30,36,44,46,48,50,54H,9-14H2,1-5H3,(H,42,53)/t15-,19-,21-,23-,28+,30-,36-,40-/m0/s1. The molecule has 2 fully saturated rings. The summed E-state index contributed by atoms with van der Waals surface area (Å²) in [6.07, 6.45) is -8.61. The van der Waals surface area contributed by atoms with Crippen LogP contribution in [0, 0.1) is 0 Å². The molecule has 6 N–H and O–H groups in total. The third kappa shape index (κ3) is 7.47. The van der Waals surface area contributed by atoms with Crippen molar-refractivity contribution in [2.45, 2.75) is 99.6 Å². The number of benzene rings is 2. The molecule has 8 atom stereocenters. The number of ketones is 3. The molecule has 334 valence electrons. The van der Waals surface area contributed by atoms with E-state index in [0.717, 1.165) is 0 Å². The number of nitrogens with one attached hydrogen (secondary N) is 1. The molecule has 0 spiro atoms. The molecule has 2 aromatic carbocycles. The molecule has 2 aromatic rings. The van der Waals surface area contributed by atoms with Crippen molar-refractivity contribution in [2.24, 2.45) is 0 Å². The SMILES string of the molecule is COc1cccc2c1C(=O)c1c(O)c3c(c(O)c1C2=O)C[C@@](O)(C(=O)CO)C[C@@H]3O[C@H]1C[C@H](NC(=O)OCC2=C(C(=O)OC(C)(C)C)N3C(=O)[C@@H](Cl)[C@@H]3S(=O)(=O)C2)[C@@H](O)[C@H](C)O1. The van der Waals surface area contributed by atoms with Crippen LogP contribution in [0.2, 0.25) is 0 Å². The number of amides is 2. The van der Waals surface area contributed by atoms with Gasteiger partial charge in [0.25, 0.3) is 0 Å². The highest BCUT2D eigenvalue weighted by Crippen LogP contribution is 2.52. The average molecular weight is 907 g/mol. The van der Waals surface area contributed by atoms with Gasteiger partial charge < -0.3 is 54.5 Å². The van der Waals surface area contributed by atoms with Gasteiger partial charge in [0.15, 0.2) is 33.1 Å². The Bertz CT molecular complexity index is 2460. The number of phenolic OH excluding ortho intramolecular Hbond substituents is 2. The Morgan fingerprint density at radius 3 is 2.39 bits per heavy atom. The summed E-state index contributed by atoms with van der Waals surface area (Å²) >= 11 is 6.01. The number of hydrogen-bond donors (Lipinski definition) is 6. The summed E-state index contributed by atoms with van der Waals surface area (Å²) in [4.78, 5) is 80.7. The monoisotopic (exact) mass is 906 g/mol. The van der Waals surface area contributed by atoms with Gasteiger partial charge in [0, 0.05) is 41.5 Å². The smallest absolute Gasteiger partial charge is 0.407 e. The maximum absolute atomic E-state index is 14.0. The van der Waals surface area contributed by atoms with Gasteiger partial charge in [-0.1, -0.05) is 12.1 Å². The van der Waals surface area contributed by atoms with Crippen LogP contribution in [0.5, 0.6) is 17.2 Å². The minimum absolute atomic E-state index is 0.00683. The summed E-state index contributed by atoms with van der Waals surface area (Å²) < 4.78 is 54.3. The molecule has 0 radical (unpaired) electrons. The van der Waals surface area contributed by atoms with E-state index in [1.165, 1.54) is 32.2 Å². The maximum atomic E-state index is 14.0. The lowest BCUT2D eigenvalue weighted by Gasteiger charge is -2.47. The van der Waals surface area contributed by atoms with E-state index in [1.54, 1.807) is 20.8 Å². The van der Waals surface area contributed by atoms with Crippen molar-refractivity contribution in [3.8, 4) is 17.2 Å². The fourth-order valence-corrected chi connectivity index (χ4v) is 11.0. The molecule has 62 heavy (non-hydrogen) atoms. The summed E-state index contributed by atoms with van der Waals surface area (Å²) in [5.41, 5.74) is -6.39. The predicted molar refractivity (Wildman–Crippen MR) is 209 cm³/mol. The number of nitrogens with zero attached hydrogens (tertiary/aromatic N) is 1. The van der Waals surface area contributed by atoms with E-state index < -0.39 is 158 Å². The van der Waals surface area contributed by atoms with Crippen LogP contribution in [-0.4, -0.2) is 147 Å². The molecular weight excluding hydrogens is 864 g/mol. The number of β-lactam (4-membered cyclic amide) rings is 1. The average Bonchev–Trinajstić information content (AvgIpc) is 3.19. The van der Waals surface area contributed by atoms with Crippen molar-refractivity contribution in [1.29, 1.82) is 0 Å². The number of esters is 1. The molecule has 0 unspecified atom stereocenters. The van der Waals surface area contributed by atoms with Crippen molar-refractivity contribution in [3.63, 3.8) is 0 Å². The van der Waals surface area contributed by atoms with E-state index in [4.69, 9.17) is 35.3 Å². The fraction of sp³-hybridized carbons (Fsp3) is 0.500. The Kier molecular flexibility index (Phi) is 11.5. The van der Waals surface area contributed by atoms with Crippen LogP contribution >= 0.6 is 11.6 Å². The van der Waals surface area contributed by atoms with Gasteiger partial charge >= 0.3 is 12.1 Å². The Morgan fingerprint density at radius 1 is 1.06 bits per heavy atom. The van der Waals surface area contributed by atoms with Crippen molar-refractivity contribution in [1.82, 2.24) is 10.2 Å². The number of ether oxygens (including phenoxy) is 5. The minimum atomic E-state index is -4.15. The van der Waals surface area contributed by atoms with Gasteiger partial charge in [-0.05, 0) is 33.8 Å². The summed E-state index contributed by atoms with van der Waals surface area (Å²) in [5.74, 6) is -7.24. The number of aromatic hydroxyl groups is 2. The first kappa shape index (κ1) is 44.9. The van der Waals surface area contributed by atoms with E-state index in [1.807, 2.05) is 0 Å². The third-order valence-corrected chi connectivity index (χ3v) is 13.9. The second-order valence-corrected chi connectivity index (χ2v) is 19.2. The number of sulfone groups is 1. The van der Waals surface area contributed by atoms with Crippen molar-refractivity contribution >= 4 is 56.8 Å². The lowest BCUT2D eigenvalue weighted by Crippen LogP contribution is -2.68. The van der Waals surface area contributed by atoms with Crippen LogP contribution in [0.3, 0.4) is 0 Å². The second-order valence-electron chi connectivity index (χ2n) is 16.6. The van der Waals surface area contributed by atoms with E-state index in [9.17, 15) is 62.7 Å². The molecule has 0 bridgehead atoms. The minimum Gasteiger partial charge on any atom is -0.507 e. The number of phenols is 2. The predicted octanol–water partition coefficient (Wildman–Crippen LogP) is 0.569. The molecule has 3 aliphatic heterocycles. The number of methoxy groups -OCH3 is 1. The van der Waals surface area contributed by atoms with Gasteiger partial charge in [-0.2, -0.15) is 0 Å². The quantitative estimate of drug-likeness (QED) is 0.0740. The first-order chi connectivity index (χ1) is 28.9. The van der Waals surface area contributed by atoms with Crippen molar-refractivity contribution in [2.75, 3.05) is 26.1 Å². The Labute approximate surface area is 358 Å². The number of rotatable bonds is 9. The van der Waals surface area contributed by atoms with Crippen molar-refractivity contribution in [3.05, 3.63) is 62.8 Å². The van der Waals surface area contributed by atoms with Gasteiger partial charge in [0.2, 0.25) is 11.7 Å². The lowest BCUT2D eigenvalue weighted by atomic mass is 9.72. The summed E-state index contributed by atoms with van der Waals surface area (Å²) in [7, 11) is -2.88. The van der Waals surface area contributed by atoms with E-state index >= 15 is 0 Å². The zero-order valence-electron chi connectivity index (χ0n) is 33.8. The van der Waals surface area contributed by atoms with Crippen LogP contribution in [0.1, 0.15) is 89.6 Å². The van der Waals surface area contributed by atoms with Crippen LogP contribution < -0.4 is 10.1 Å². The van der Waals surface area contributed by atoms with Gasteiger partial charge in [-0.25, -0.2) is 18.0 Å². The third-order valence-electron chi connectivity index (χ3n) is 11.3. The number of hydrogen-bond acceptors (Lipinski definition) is 18. The van der Waals surface area contributed by atoms with Gasteiger partial charge in [0.1, 0.15) is 58.8 Å². The first-order valence-corrected chi connectivity index (χ1v) is 21.4. The van der Waals surface area contributed by atoms with Gasteiger partial charge in [0.05, 0.1) is 47.8 Å². The number of carbonyl (C=O) groups excluding carboxylic acids is 6. The number of alkyl carbamates (subject to hydrolysis) is 1. The summed E-state index contributed by atoms with van der Waals surface area (Å²) in [6.45, 7) is 4.08. The maximum Gasteiger partial charge on any atom is 0.407 e. The van der Waals surface area contributed by atoms with E-state index in [0.29, 0.717) is 4.90 Å². The molecule has 5 aliphatic rings. The number of Topliss-reactive ketones (excluding diaryl/α,β-unsaturated/α-hetero) is 1. The Morgan fingerprint density at radius 2 is 1.74 bits per heavy atom. The second kappa shape index (κ2) is 15.9. The molecule has 7 rings (SSSR count). The first-order valence-electron chi connectivity index (χ1n) is 19.2. The number of alkyl halides is 1. The Balaban J connectivity index is 1.16. The van der Waals surface area contributed by atoms with Gasteiger partial charge in [-0.15, -0.1) is 11.6 Å². The van der Waals surface area contributed by atoms with Crippen LogP contribution in [0.15, 0.2) is 29.5 Å². The highest BCUT2D eigenvalue weighted by molar-refractivity contribution is 7.92. The summed E-state index contributed by atoms with van der Waals surface area (Å²) in [5, 5.41) is 55.3. The molecule has 2 amide bonds. The Hall–Kier alpha value is -5.16. The number of aliphatic hydroxyl groups excluding tert-OH is 2. The van der Waals surface area contributed by atoms with Crippen LogP contribution in [0.4, 0.5) is 4.79 Å². The lowest BCUT2D eigenvalue weighted by molar-refractivity contribution is -0.249. The highest BCUT2D eigenvalue weighted by atomic mass is 35.5. The highest BCUT2D eigenvalue weighted by Gasteiger charge is 2.60. The normalized spacial score (nSPS) is 28.8. The van der Waals surface area contributed by atoms with E-state index in [-0.39, 0.29) is 40.0 Å². The number of carbonyl (C=O) groups is 6. The summed E-state index contributed by atoms with van der Waals surface area (Å²) in [6, 6.07) is 2.94. The molecular formula is C40H43ClN2O18S.